The molecular formula is C55H55O3STi. The minimum atomic E-state index is -1.90. The quantitative estimate of drug-likeness (QED) is 0.108. The molecule has 0 aliphatic heterocycles. The Kier molecular flexibility index (Phi) is 14.9. The van der Waals surface area contributed by atoms with Gasteiger partial charge in [0.05, 0.1) is 0 Å². The molecule has 0 saturated heterocycles. The van der Waals surface area contributed by atoms with Crippen molar-refractivity contribution < 1.29 is 29.0 Å². The Labute approximate surface area is 369 Å². The van der Waals surface area contributed by atoms with Gasteiger partial charge in [0.1, 0.15) is 0 Å². The average Bonchev–Trinajstić information content (AvgIpc) is 3.72. The van der Waals surface area contributed by atoms with E-state index < -0.39 is 19.0 Å². The summed E-state index contributed by atoms with van der Waals surface area (Å²) in [6, 6.07) is 62.2. The van der Waals surface area contributed by atoms with Crippen LogP contribution in [0.2, 0.25) is 0 Å². The topological polar surface area (TPSA) is 27.7 Å². The van der Waals surface area contributed by atoms with Gasteiger partial charge in [0.25, 0.3) is 0 Å². The van der Waals surface area contributed by atoms with E-state index in [0.29, 0.717) is 0 Å². The third-order valence-corrected chi connectivity index (χ3v) is 14.4. The van der Waals surface area contributed by atoms with Crippen molar-refractivity contribution in [3.8, 4) is 0 Å². The summed E-state index contributed by atoms with van der Waals surface area (Å²) in [6.07, 6.45) is 0. The van der Waals surface area contributed by atoms with Gasteiger partial charge in [-0.25, -0.2) is 0 Å². The molecule has 3 nitrogen and oxygen atoms in total. The molecule has 0 amide bonds. The number of hydrogen-bond acceptors (Lipinski definition) is 4. The molecule has 2 aliphatic rings. The summed E-state index contributed by atoms with van der Waals surface area (Å²) in [5, 5.41) is 0. The summed E-state index contributed by atoms with van der Waals surface area (Å²) in [6.45, 7) is 9.42. The molecule has 0 fully saturated rings. The molecule has 2 aliphatic carbocycles. The summed E-state index contributed by atoms with van der Waals surface area (Å²) in [4.78, 5) is 0. The molecule has 0 saturated carbocycles. The van der Waals surface area contributed by atoms with Crippen LogP contribution in [0.5, 0.6) is 0 Å². The second-order valence-corrected chi connectivity index (χ2v) is 19.0. The third kappa shape index (κ3) is 9.26. The van der Waals surface area contributed by atoms with Crippen LogP contribution in [0.15, 0.2) is 192 Å². The molecule has 0 atom stereocenters. The Bertz CT molecular complexity index is 2200. The number of allylic oxidation sites excluding steroid dienone is 8. The maximum atomic E-state index is 4.77. The van der Waals surface area contributed by atoms with Crippen molar-refractivity contribution in [3.05, 3.63) is 237 Å². The van der Waals surface area contributed by atoms with Gasteiger partial charge in [-0.3, -0.25) is 0 Å². The van der Waals surface area contributed by atoms with Crippen LogP contribution in [0.1, 0.15) is 84.0 Å². The Morgan fingerprint density at radius 3 is 0.867 bits per heavy atom. The minimum absolute atomic E-state index is 0.247. The molecule has 0 heterocycles. The van der Waals surface area contributed by atoms with E-state index in [4.69, 9.17) is 9.96 Å². The van der Waals surface area contributed by atoms with Crippen molar-refractivity contribution in [2.24, 2.45) is 0 Å². The monoisotopic (exact) mass is 843 g/mol. The fourth-order valence-corrected chi connectivity index (χ4v) is 11.1. The van der Waals surface area contributed by atoms with Crippen LogP contribution in [-0.2, 0) is 40.5 Å². The first-order valence-corrected chi connectivity index (χ1v) is 23.7. The molecule has 8 rings (SSSR count). The van der Waals surface area contributed by atoms with Gasteiger partial charge in [-0.15, -0.1) is 0 Å². The van der Waals surface area contributed by atoms with Crippen LogP contribution < -0.4 is 0 Å². The third-order valence-electron chi connectivity index (χ3n) is 11.8. The summed E-state index contributed by atoms with van der Waals surface area (Å²) >= 11 is 0.132. The van der Waals surface area contributed by atoms with Gasteiger partial charge in [-0.1, -0.05) is 192 Å². The number of thioether (sulfide) groups is 1. The van der Waals surface area contributed by atoms with E-state index in [1.54, 1.807) is 21.3 Å². The first-order valence-electron chi connectivity index (χ1n) is 20.7. The maximum absolute atomic E-state index is 4.77. The second-order valence-electron chi connectivity index (χ2n) is 15.3. The van der Waals surface area contributed by atoms with E-state index in [0.717, 1.165) is 11.5 Å². The van der Waals surface area contributed by atoms with Crippen LogP contribution in [0.4, 0.5) is 0 Å². The van der Waals surface area contributed by atoms with Gasteiger partial charge < -0.3 is 0 Å². The van der Waals surface area contributed by atoms with E-state index >= 15 is 0 Å². The SMILES string of the molecule is CC1=C(c2ccccc2)C(c2ccccc2)=C(C)C1c1ccccc1CSCc1ccccc1C1C(C)=C(c2ccccc2)C(c2ccccc2)=C1C.C[O][Ti]([O]C)[O]C. The van der Waals surface area contributed by atoms with Gasteiger partial charge in [-0.05, 0) is 94.5 Å². The van der Waals surface area contributed by atoms with Gasteiger partial charge >= 0.3 is 50.3 Å². The Morgan fingerprint density at radius 2 is 0.617 bits per heavy atom. The molecule has 6 aromatic carbocycles. The molecule has 5 heteroatoms. The predicted octanol–water partition coefficient (Wildman–Crippen LogP) is 14.5. The van der Waals surface area contributed by atoms with Crippen LogP contribution in [0.25, 0.3) is 22.3 Å². The fraction of sp³-hybridized carbons (Fsp3) is 0.200. The Morgan fingerprint density at radius 1 is 0.367 bits per heavy atom. The summed E-state index contributed by atoms with van der Waals surface area (Å²) in [5.41, 5.74) is 22.1. The van der Waals surface area contributed by atoms with Gasteiger partial charge in [0.15, 0.2) is 0 Å². The molecule has 0 radical (unpaired) electrons. The molecule has 60 heavy (non-hydrogen) atoms. The normalized spacial score (nSPS) is 14.6. The summed E-state index contributed by atoms with van der Waals surface area (Å²) in [5.74, 6) is 2.41. The van der Waals surface area contributed by atoms with E-state index in [1.807, 2.05) is 11.8 Å². The van der Waals surface area contributed by atoms with Crippen molar-refractivity contribution in [3.63, 3.8) is 0 Å². The van der Waals surface area contributed by atoms with Gasteiger partial charge in [0.2, 0.25) is 0 Å². The van der Waals surface area contributed by atoms with Crippen molar-refractivity contribution in [2.45, 2.75) is 51.0 Å². The Balaban J connectivity index is 0.000000716. The fourth-order valence-electron chi connectivity index (χ4n) is 9.27. The van der Waals surface area contributed by atoms with Crippen LogP contribution in [-0.4, -0.2) is 21.3 Å². The van der Waals surface area contributed by atoms with E-state index in [2.05, 4.69) is 198 Å². The standard InChI is InChI=1S/C52H46S.3CH3O.Ti/c1-35-47(36(2)50(40-23-11-6-12-24-40)49(35)39-21-9-5-10-22-39)45-31-19-17-29-43(45)33-53-34-44-30-18-20-32-46(44)48-37(3)51(41-25-13-7-14-26-41)52(38(48)4)42-27-15-8-16-28-42;3*1-2;/h5-32,47-48H,33-34H2,1-4H3;3*1H3;/q;3*-1;+3. The Hall–Kier alpha value is -4.78. The second kappa shape index (κ2) is 20.7. The van der Waals surface area contributed by atoms with Gasteiger partial charge in [0, 0.05) is 23.3 Å². The van der Waals surface area contributed by atoms with Gasteiger partial charge in [-0.2, -0.15) is 11.8 Å². The number of benzene rings is 6. The van der Waals surface area contributed by atoms with Crippen molar-refractivity contribution in [2.75, 3.05) is 21.3 Å². The first-order chi connectivity index (χ1) is 29.4. The zero-order chi connectivity index (χ0) is 42.0. The zero-order valence-corrected chi connectivity index (χ0v) is 38.2. The van der Waals surface area contributed by atoms with E-state index in [1.165, 1.54) is 89.1 Å². The molecule has 0 unspecified atom stereocenters. The number of hydrogen-bond donors (Lipinski definition) is 0. The zero-order valence-electron chi connectivity index (χ0n) is 35.9. The molecule has 6 aromatic rings. The molecule has 0 bridgehead atoms. The summed E-state index contributed by atoms with van der Waals surface area (Å²) < 4.78 is 14.3. The van der Waals surface area contributed by atoms with Crippen LogP contribution in [0.3, 0.4) is 0 Å². The van der Waals surface area contributed by atoms with Crippen LogP contribution in [0, 0.1) is 0 Å². The number of rotatable bonds is 13. The van der Waals surface area contributed by atoms with E-state index in [-0.39, 0.29) is 11.8 Å². The predicted molar refractivity (Wildman–Crippen MR) is 251 cm³/mol. The summed E-state index contributed by atoms with van der Waals surface area (Å²) in [7, 11) is 4.76. The molecule has 0 spiro atoms. The molecule has 0 aromatic heterocycles. The van der Waals surface area contributed by atoms with Crippen LogP contribution >= 0.6 is 11.8 Å². The average molecular weight is 844 g/mol. The molecule has 303 valence electrons. The van der Waals surface area contributed by atoms with Crippen molar-refractivity contribution >= 4 is 34.1 Å². The van der Waals surface area contributed by atoms with Crippen molar-refractivity contribution in [1.82, 2.24) is 0 Å². The molecular weight excluding hydrogens is 789 g/mol. The molecule has 0 N–H and O–H groups in total. The van der Waals surface area contributed by atoms with E-state index in [9.17, 15) is 0 Å². The first kappa shape index (κ1) is 43.3. The van der Waals surface area contributed by atoms with Crippen molar-refractivity contribution in [1.29, 1.82) is 0 Å².